The maximum Gasteiger partial charge on any atom is 0.410 e. The van der Waals surface area contributed by atoms with Crippen molar-refractivity contribution in [1.29, 1.82) is 0 Å². The number of ether oxygens (including phenoxy) is 2. The van der Waals surface area contributed by atoms with Crippen LogP contribution in [0.5, 0.6) is 0 Å². The first kappa shape index (κ1) is 26.7. The van der Waals surface area contributed by atoms with Crippen LogP contribution < -0.4 is 0 Å². The molecule has 220 valence electrons. The van der Waals surface area contributed by atoms with Crippen molar-refractivity contribution in [1.82, 2.24) is 4.90 Å². The molecule has 2 bridgehead atoms. The lowest BCUT2D eigenvalue weighted by molar-refractivity contribution is -0.164. The molecule has 1 aromatic rings. The van der Waals surface area contributed by atoms with Gasteiger partial charge in [-0.25, -0.2) is 4.79 Å². The molecule has 0 unspecified atom stereocenters. The molecule has 2 aliphatic heterocycles. The molecule has 8 aliphatic rings. The summed E-state index contributed by atoms with van der Waals surface area (Å²) in [5.41, 5.74) is -0.515. The topological polar surface area (TPSA) is 76.1 Å². The summed E-state index contributed by atoms with van der Waals surface area (Å²) in [6.45, 7) is 8.88. The Bertz CT molecular complexity index is 1380. The average Bonchev–Trinajstić information content (AvgIpc) is 3.73. The van der Waals surface area contributed by atoms with Gasteiger partial charge >= 0.3 is 6.09 Å². The summed E-state index contributed by atoms with van der Waals surface area (Å²) in [7, 11) is 0. The number of carbonyl (C=O) groups excluding carboxylic acids is 2. The maximum absolute atomic E-state index is 14.6. The lowest BCUT2D eigenvalue weighted by atomic mass is 9.32. The number of carbonyl (C=O) groups is 2. The van der Waals surface area contributed by atoms with Crippen LogP contribution in [0.25, 0.3) is 0 Å². The molecule has 3 heterocycles. The van der Waals surface area contributed by atoms with Gasteiger partial charge < -0.3 is 19.5 Å². The van der Waals surface area contributed by atoms with Gasteiger partial charge in [0, 0.05) is 33.3 Å². The number of amides is 1. The minimum atomic E-state index is -0.537. The maximum atomic E-state index is 14.6. The highest BCUT2D eigenvalue weighted by molar-refractivity contribution is 7.14. The van der Waals surface area contributed by atoms with Crippen molar-refractivity contribution < 1.29 is 24.2 Å². The Kier molecular flexibility index (Phi) is 5.57. The molecule has 41 heavy (non-hydrogen) atoms. The Morgan fingerprint density at radius 1 is 1.07 bits per heavy atom. The number of hydrogen-bond donors (Lipinski definition) is 1. The molecule has 1 aromatic heterocycles. The standard InChI is InChI=1S/C34H43NO5S/c1-21-6-7-25(41-21)28(37)24-18-32-14-15-34(24)26(30(32,2)11-8-22(36)17-32)9-12-31(3)27(34)10-13-33(31)20-35(29(38)40-33)19-23-5-4-16-39-23/h6-7,14-15,18,22-23,26-27,36H,4-5,8-13,16-17,19-20H2,1-3H3/t22-,23+,26+,27+,30+,31-,32-,33+,34+/m0/s1. The first-order valence-corrected chi connectivity index (χ1v) is 16.7. The van der Waals surface area contributed by atoms with Crippen LogP contribution >= 0.6 is 11.3 Å². The van der Waals surface area contributed by atoms with E-state index in [-0.39, 0.29) is 46.2 Å². The van der Waals surface area contributed by atoms with Crippen LogP contribution in [0.2, 0.25) is 0 Å². The van der Waals surface area contributed by atoms with E-state index in [1.54, 1.807) is 11.3 Å². The molecule has 6 aliphatic carbocycles. The van der Waals surface area contributed by atoms with Gasteiger partial charge in [-0.2, -0.15) is 0 Å². The average molecular weight is 578 g/mol. The number of nitrogens with zero attached hydrogens (tertiary/aromatic N) is 1. The molecule has 0 aromatic carbocycles. The summed E-state index contributed by atoms with van der Waals surface area (Å²) < 4.78 is 12.4. The summed E-state index contributed by atoms with van der Waals surface area (Å²) in [6.07, 6.45) is 15.0. The number of hydrogen-bond acceptors (Lipinski definition) is 6. The predicted octanol–water partition coefficient (Wildman–Crippen LogP) is 6.47. The highest BCUT2D eigenvalue weighted by Crippen LogP contribution is 2.79. The molecule has 1 amide bonds. The molecule has 3 saturated carbocycles. The van der Waals surface area contributed by atoms with Crippen molar-refractivity contribution in [2.24, 2.45) is 33.5 Å². The second kappa shape index (κ2) is 8.57. The highest BCUT2D eigenvalue weighted by atomic mass is 32.1. The van der Waals surface area contributed by atoms with Gasteiger partial charge in [-0.15, -0.1) is 11.3 Å². The summed E-state index contributed by atoms with van der Waals surface area (Å²) in [5.74, 6) is 0.692. The smallest absolute Gasteiger partial charge is 0.410 e. The van der Waals surface area contributed by atoms with Crippen LogP contribution in [0.15, 0.2) is 35.9 Å². The van der Waals surface area contributed by atoms with Crippen LogP contribution in [0.4, 0.5) is 4.79 Å². The summed E-state index contributed by atoms with van der Waals surface area (Å²) >= 11 is 1.59. The van der Waals surface area contributed by atoms with Crippen LogP contribution in [-0.2, 0) is 9.47 Å². The lowest BCUT2D eigenvalue weighted by Crippen LogP contribution is -2.67. The number of fused-ring (bicyclic) bond motifs is 2. The summed E-state index contributed by atoms with van der Waals surface area (Å²) in [4.78, 5) is 31.8. The third kappa shape index (κ3) is 3.26. The normalized spacial score (nSPS) is 47.8. The van der Waals surface area contributed by atoms with E-state index in [2.05, 4.69) is 39.0 Å². The van der Waals surface area contributed by atoms with E-state index in [0.717, 1.165) is 73.3 Å². The quantitative estimate of drug-likeness (QED) is 0.328. The fourth-order valence-electron chi connectivity index (χ4n) is 11.2. The number of allylic oxidation sites excluding steroid dienone is 4. The zero-order chi connectivity index (χ0) is 28.4. The summed E-state index contributed by atoms with van der Waals surface area (Å²) in [5, 5.41) is 10.9. The second-order valence-corrected chi connectivity index (χ2v) is 16.2. The number of Topliss-reactive ketones (excluding diaryl/α,β-unsaturated/α-hetero) is 1. The Balaban J connectivity index is 1.23. The van der Waals surface area contributed by atoms with Gasteiger partial charge in [0.05, 0.1) is 30.2 Å². The van der Waals surface area contributed by atoms with Crippen molar-refractivity contribution in [3.8, 4) is 0 Å². The molecular weight excluding hydrogens is 534 g/mol. The largest absolute Gasteiger partial charge is 0.440 e. The lowest BCUT2D eigenvalue weighted by Gasteiger charge is -2.71. The van der Waals surface area contributed by atoms with Gasteiger partial charge in [0.1, 0.15) is 5.60 Å². The SMILES string of the molecule is Cc1ccc(C(=O)C2=C[C@@]34C=C[C@@]25[C@@H]2CC[C@@]6(CN(C[C@H]7CCCO7)C(=O)O6)[C@@]2(C)CC[C@@H]5[C@@]3(C)CC[C@H](O)C4)s1. The fraction of sp³-hybridized carbons (Fsp3) is 0.706. The van der Waals surface area contributed by atoms with Gasteiger partial charge in [0.2, 0.25) is 0 Å². The van der Waals surface area contributed by atoms with E-state index in [0.29, 0.717) is 25.4 Å². The Hall–Kier alpha value is -1.96. The monoisotopic (exact) mass is 577 g/mol. The zero-order valence-electron chi connectivity index (χ0n) is 24.6. The Morgan fingerprint density at radius 2 is 1.85 bits per heavy atom. The zero-order valence-corrected chi connectivity index (χ0v) is 25.4. The third-order valence-corrected chi connectivity index (χ3v) is 14.3. The number of aliphatic hydroxyl groups excluding tert-OH is 1. The van der Waals surface area contributed by atoms with Crippen molar-refractivity contribution >= 4 is 23.2 Å². The van der Waals surface area contributed by atoms with E-state index >= 15 is 0 Å². The first-order valence-electron chi connectivity index (χ1n) is 15.9. The van der Waals surface area contributed by atoms with E-state index in [1.165, 1.54) is 0 Å². The third-order valence-electron chi connectivity index (χ3n) is 13.3. The van der Waals surface area contributed by atoms with Crippen LogP contribution in [0.3, 0.4) is 0 Å². The molecule has 7 heteroatoms. The number of rotatable bonds is 4. The molecule has 9 atom stereocenters. The van der Waals surface area contributed by atoms with E-state index in [9.17, 15) is 14.7 Å². The van der Waals surface area contributed by atoms with Crippen LogP contribution in [-0.4, -0.2) is 59.4 Å². The minimum Gasteiger partial charge on any atom is -0.440 e. The highest BCUT2D eigenvalue weighted by Gasteiger charge is 2.76. The molecule has 5 fully saturated rings. The Morgan fingerprint density at radius 3 is 2.61 bits per heavy atom. The molecule has 0 radical (unpaired) electrons. The first-order chi connectivity index (χ1) is 19.6. The Labute approximate surface area is 247 Å². The molecule has 1 N–H and O–H groups in total. The van der Waals surface area contributed by atoms with Crippen LogP contribution in [0, 0.1) is 40.4 Å². The number of aryl methyl sites for hydroxylation is 1. The fourth-order valence-corrected chi connectivity index (χ4v) is 12.1. The molecule has 9 rings (SSSR count). The van der Waals surface area contributed by atoms with E-state index in [1.807, 2.05) is 17.0 Å². The number of thiophene rings is 1. The number of ketones is 1. The molecule has 2 saturated heterocycles. The van der Waals surface area contributed by atoms with Crippen LogP contribution in [0.1, 0.15) is 86.2 Å². The van der Waals surface area contributed by atoms with E-state index in [4.69, 9.17) is 9.47 Å². The second-order valence-electron chi connectivity index (χ2n) is 14.9. The van der Waals surface area contributed by atoms with Gasteiger partial charge in [0.25, 0.3) is 0 Å². The van der Waals surface area contributed by atoms with Gasteiger partial charge in [-0.1, -0.05) is 32.1 Å². The van der Waals surface area contributed by atoms with E-state index < -0.39 is 11.0 Å². The predicted molar refractivity (Wildman–Crippen MR) is 157 cm³/mol. The van der Waals surface area contributed by atoms with Crippen molar-refractivity contribution in [3.63, 3.8) is 0 Å². The van der Waals surface area contributed by atoms with Crippen molar-refractivity contribution in [2.45, 2.75) is 96.4 Å². The van der Waals surface area contributed by atoms with Gasteiger partial charge in [-0.3, -0.25) is 4.79 Å². The molecule has 6 nitrogen and oxygen atoms in total. The molecule has 3 spiro atoms. The van der Waals surface area contributed by atoms with Crippen molar-refractivity contribution in [2.75, 3.05) is 19.7 Å². The van der Waals surface area contributed by atoms with Crippen molar-refractivity contribution in [3.05, 3.63) is 45.7 Å². The number of aliphatic hydroxyl groups is 1. The van der Waals surface area contributed by atoms with Gasteiger partial charge in [-0.05, 0) is 94.1 Å². The summed E-state index contributed by atoms with van der Waals surface area (Å²) in [6, 6.07) is 4.04. The van der Waals surface area contributed by atoms with Gasteiger partial charge in [0.15, 0.2) is 5.78 Å². The molecular formula is C34H43NO5S. The minimum absolute atomic E-state index is 0.00852.